The van der Waals surface area contributed by atoms with Gasteiger partial charge in [0.2, 0.25) is 5.78 Å². The summed E-state index contributed by atoms with van der Waals surface area (Å²) in [5.41, 5.74) is 3.21. The second-order valence-corrected chi connectivity index (χ2v) is 8.26. The number of nitrogens with zero attached hydrogens (tertiary/aromatic N) is 1. The minimum absolute atomic E-state index is 0.174. The highest BCUT2D eigenvalue weighted by Gasteiger charge is 2.34. The number of fused-ring (bicyclic) bond motifs is 3. The van der Waals surface area contributed by atoms with Crippen LogP contribution in [0.1, 0.15) is 27.0 Å². The van der Waals surface area contributed by atoms with Gasteiger partial charge in [0.25, 0.3) is 0 Å². The van der Waals surface area contributed by atoms with Crippen molar-refractivity contribution in [2.75, 3.05) is 21.0 Å². The molecule has 0 bridgehead atoms. The van der Waals surface area contributed by atoms with E-state index in [1.54, 1.807) is 32.4 Å². The molecule has 2 aliphatic heterocycles. The number of carbonyl (C=O) groups is 1. The smallest absolute Gasteiger partial charge is 0.231 e. The Morgan fingerprint density at radius 1 is 1.06 bits per heavy atom. The molecule has 0 amide bonds. The molecule has 168 valence electrons. The van der Waals surface area contributed by atoms with Crippen LogP contribution in [-0.4, -0.2) is 31.6 Å². The summed E-state index contributed by atoms with van der Waals surface area (Å²) in [5.74, 6) is 2.46. The fourth-order valence-electron chi connectivity index (χ4n) is 4.12. The standard InChI is InChI=1S/C26H22ClNO5/c1-30-22-5-3-4-17(25(22)31-2)12-23-24(29)19-10-11-21-20(26(19)33-23)14-28(15-32-21)13-16-6-8-18(27)9-7-16/h3-12H,13-15H2,1-2H3/b23-12-. The van der Waals surface area contributed by atoms with Crippen molar-refractivity contribution in [1.82, 2.24) is 4.90 Å². The number of carbonyl (C=O) groups excluding carboxylic acids is 1. The van der Waals surface area contributed by atoms with Gasteiger partial charge in [0, 0.05) is 23.7 Å². The van der Waals surface area contributed by atoms with Gasteiger partial charge in [0.05, 0.1) is 25.3 Å². The highest BCUT2D eigenvalue weighted by Crippen LogP contribution is 2.43. The second kappa shape index (κ2) is 8.81. The number of hydrogen-bond donors (Lipinski definition) is 0. The van der Waals surface area contributed by atoms with Crippen molar-refractivity contribution in [2.45, 2.75) is 13.1 Å². The van der Waals surface area contributed by atoms with Gasteiger partial charge in [-0.2, -0.15) is 0 Å². The van der Waals surface area contributed by atoms with Crippen molar-refractivity contribution >= 4 is 23.5 Å². The fraction of sp³-hybridized carbons (Fsp3) is 0.192. The molecule has 0 N–H and O–H groups in total. The maximum atomic E-state index is 13.1. The molecular formula is C26H22ClNO5. The Balaban J connectivity index is 1.44. The molecule has 3 aromatic carbocycles. The Labute approximate surface area is 196 Å². The molecular weight excluding hydrogens is 442 g/mol. The molecule has 0 fully saturated rings. The highest BCUT2D eigenvalue weighted by molar-refractivity contribution is 6.30. The Hall–Kier alpha value is -3.48. The van der Waals surface area contributed by atoms with Gasteiger partial charge in [-0.3, -0.25) is 9.69 Å². The Morgan fingerprint density at radius 3 is 2.64 bits per heavy atom. The number of hydrogen-bond acceptors (Lipinski definition) is 6. The van der Waals surface area contributed by atoms with E-state index >= 15 is 0 Å². The normalized spacial score (nSPS) is 16.1. The van der Waals surface area contributed by atoms with E-state index in [-0.39, 0.29) is 11.5 Å². The molecule has 33 heavy (non-hydrogen) atoms. The molecule has 5 rings (SSSR count). The number of methoxy groups -OCH3 is 2. The average Bonchev–Trinajstić information content (AvgIpc) is 3.16. The SMILES string of the molecule is COc1cccc(/C=C2\Oc3c(ccc4c3CN(Cc3ccc(Cl)cc3)CO4)C2=O)c1OC. The zero-order chi connectivity index (χ0) is 22.9. The summed E-state index contributed by atoms with van der Waals surface area (Å²) in [6.45, 7) is 1.74. The first-order chi connectivity index (χ1) is 16.1. The zero-order valence-electron chi connectivity index (χ0n) is 18.3. The van der Waals surface area contributed by atoms with Crippen molar-refractivity contribution < 1.29 is 23.7 Å². The molecule has 3 aromatic rings. The van der Waals surface area contributed by atoms with Gasteiger partial charge in [0.1, 0.15) is 18.2 Å². The van der Waals surface area contributed by atoms with Gasteiger partial charge in [-0.15, -0.1) is 0 Å². The van der Waals surface area contributed by atoms with E-state index in [2.05, 4.69) is 4.90 Å². The van der Waals surface area contributed by atoms with Crippen LogP contribution in [0, 0.1) is 0 Å². The van der Waals surface area contributed by atoms with Gasteiger partial charge in [-0.05, 0) is 42.0 Å². The molecule has 0 unspecified atom stereocenters. The van der Waals surface area contributed by atoms with Crippen LogP contribution in [0.25, 0.3) is 6.08 Å². The largest absolute Gasteiger partial charge is 0.493 e. The number of rotatable bonds is 5. The Kier molecular flexibility index (Phi) is 5.70. The lowest BCUT2D eigenvalue weighted by molar-refractivity contribution is 0.0873. The number of ether oxygens (including phenoxy) is 4. The summed E-state index contributed by atoms with van der Waals surface area (Å²) in [6, 6.07) is 16.8. The minimum Gasteiger partial charge on any atom is -0.493 e. The monoisotopic (exact) mass is 463 g/mol. The molecule has 7 heteroatoms. The van der Waals surface area contributed by atoms with E-state index in [4.69, 9.17) is 30.5 Å². The molecule has 0 radical (unpaired) electrons. The molecule has 0 saturated heterocycles. The molecule has 2 heterocycles. The van der Waals surface area contributed by atoms with Gasteiger partial charge in [-0.25, -0.2) is 0 Å². The van der Waals surface area contributed by atoms with Crippen molar-refractivity contribution in [3.8, 4) is 23.0 Å². The van der Waals surface area contributed by atoms with E-state index in [0.29, 0.717) is 53.2 Å². The lowest BCUT2D eigenvalue weighted by Gasteiger charge is -2.29. The molecule has 0 aromatic heterocycles. The molecule has 0 spiro atoms. The molecule has 0 saturated carbocycles. The average molecular weight is 464 g/mol. The fourth-order valence-corrected chi connectivity index (χ4v) is 4.25. The zero-order valence-corrected chi connectivity index (χ0v) is 19.0. The van der Waals surface area contributed by atoms with Crippen molar-refractivity contribution in [1.29, 1.82) is 0 Å². The molecule has 2 aliphatic rings. The lowest BCUT2D eigenvalue weighted by atomic mass is 10.0. The number of para-hydroxylation sites is 1. The Bertz CT molecular complexity index is 1250. The van der Waals surface area contributed by atoms with Crippen LogP contribution in [0.2, 0.25) is 5.02 Å². The van der Waals surface area contributed by atoms with Crippen LogP contribution < -0.4 is 18.9 Å². The van der Waals surface area contributed by atoms with Crippen molar-refractivity contribution in [3.05, 3.63) is 87.6 Å². The third kappa shape index (κ3) is 4.03. The second-order valence-electron chi connectivity index (χ2n) is 7.83. The lowest BCUT2D eigenvalue weighted by Crippen LogP contribution is -2.31. The predicted octanol–water partition coefficient (Wildman–Crippen LogP) is 5.33. The van der Waals surface area contributed by atoms with Crippen LogP contribution in [-0.2, 0) is 13.1 Å². The van der Waals surface area contributed by atoms with Crippen LogP contribution >= 0.6 is 11.6 Å². The first kappa shape index (κ1) is 21.4. The first-order valence-corrected chi connectivity index (χ1v) is 10.9. The van der Waals surface area contributed by atoms with Crippen molar-refractivity contribution in [3.63, 3.8) is 0 Å². The first-order valence-electron chi connectivity index (χ1n) is 10.5. The molecule has 0 aliphatic carbocycles. The number of benzene rings is 3. The number of allylic oxidation sites excluding steroid dienone is 1. The maximum absolute atomic E-state index is 13.1. The number of Topliss-reactive ketones (excluding diaryl/α,β-unsaturated/α-hetero) is 1. The van der Waals surface area contributed by atoms with Crippen LogP contribution in [0.15, 0.2) is 60.4 Å². The summed E-state index contributed by atoms with van der Waals surface area (Å²) in [7, 11) is 3.14. The number of ketones is 1. The summed E-state index contributed by atoms with van der Waals surface area (Å²) in [4.78, 5) is 15.3. The summed E-state index contributed by atoms with van der Waals surface area (Å²) in [6.07, 6.45) is 1.69. The highest BCUT2D eigenvalue weighted by atomic mass is 35.5. The summed E-state index contributed by atoms with van der Waals surface area (Å²) in [5, 5.41) is 0.704. The van der Waals surface area contributed by atoms with Gasteiger partial charge in [0.15, 0.2) is 17.3 Å². The third-order valence-electron chi connectivity index (χ3n) is 5.72. The van der Waals surface area contributed by atoms with Gasteiger partial charge in [-0.1, -0.05) is 35.9 Å². The van der Waals surface area contributed by atoms with E-state index in [1.807, 2.05) is 42.5 Å². The van der Waals surface area contributed by atoms with Crippen LogP contribution in [0.3, 0.4) is 0 Å². The predicted molar refractivity (Wildman–Crippen MR) is 125 cm³/mol. The minimum atomic E-state index is -0.174. The Morgan fingerprint density at radius 2 is 1.88 bits per heavy atom. The topological polar surface area (TPSA) is 57.2 Å². The van der Waals surface area contributed by atoms with E-state index in [1.165, 1.54) is 0 Å². The van der Waals surface area contributed by atoms with E-state index in [0.717, 1.165) is 16.9 Å². The van der Waals surface area contributed by atoms with Gasteiger partial charge >= 0.3 is 0 Å². The van der Waals surface area contributed by atoms with Crippen LogP contribution in [0.5, 0.6) is 23.0 Å². The number of halogens is 1. The van der Waals surface area contributed by atoms with E-state index < -0.39 is 0 Å². The molecule has 0 atom stereocenters. The third-order valence-corrected chi connectivity index (χ3v) is 5.97. The van der Waals surface area contributed by atoms with Crippen LogP contribution in [0.4, 0.5) is 0 Å². The maximum Gasteiger partial charge on any atom is 0.231 e. The molecule has 6 nitrogen and oxygen atoms in total. The quantitative estimate of drug-likeness (QED) is 0.477. The van der Waals surface area contributed by atoms with Crippen molar-refractivity contribution in [2.24, 2.45) is 0 Å². The van der Waals surface area contributed by atoms with E-state index in [9.17, 15) is 4.79 Å². The summed E-state index contributed by atoms with van der Waals surface area (Å²) < 4.78 is 22.9. The van der Waals surface area contributed by atoms with Gasteiger partial charge < -0.3 is 18.9 Å². The summed E-state index contributed by atoms with van der Waals surface area (Å²) >= 11 is 6.00.